The summed E-state index contributed by atoms with van der Waals surface area (Å²) in [4.78, 5) is 12.6. The molecule has 1 aromatic heterocycles. The highest BCUT2D eigenvalue weighted by atomic mass is 19.1. The van der Waals surface area contributed by atoms with Crippen LogP contribution >= 0.6 is 0 Å². The largest absolute Gasteiger partial charge is 0.454 e. The van der Waals surface area contributed by atoms with Gasteiger partial charge in [0.1, 0.15) is 11.9 Å². The third-order valence-corrected chi connectivity index (χ3v) is 4.68. The van der Waals surface area contributed by atoms with Crippen molar-refractivity contribution in [1.29, 1.82) is 0 Å². The number of carbonyl (C=O) groups excluding carboxylic acids is 1. The highest BCUT2D eigenvalue weighted by molar-refractivity contribution is 6.03. The molecule has 9 heteroatoms. The predicted molar refractivity (Wildman–Crippen MR) is 94.5 cm³/mol. The molecule has 8 nitrogen and oxygen atoms in total. The number of ether oxygens (including phenoxy) is 3. The van der Waals surface area contributed by atoms with E-state index in [1.807, 2.05) is 0 Å². The van der Waals surface area contributed by atoms with Crippen LogP contribution in [0.1, 0.15) is 27.8 Å². The van der Waals surface area contributed by atoms with Gasteiger partial charge in [0.25, 0.3) is 5.91 Å². The zero-order chi connectivity index (χ0) is 19.1. The standard InChI is InChI=1S/C19H15FN4O4/c20-12-3-1-11(2-4-12)17-8-24-14(9-26-17)18(22-23-24)19(25)21-13-5-6-15-16(7-13)28-10-27-15/h1-7,17H,8-10H2,(H,21,25). The number of carbonyl (C=O) groups is 1. The van der Waals surface area contributed by atoms with Crippen LogP contribution in [0.5, 0.6) is 11.5 Å². The van der Waals surface area contributed by atoms with E-state index in [1.165, 1.54) is 12.1 Å². The summed E-state index contributed by atoms with van der Waals surface area (Å²) < 4.78 is 31.2. The van der Waals surface area contributed by atoms with Crippen LogP contribution in [0, 0.1) is 5.82 Å². The number of hydrogen-bond donors (Lipinski definition) is 1. The van der Waals surface area contributed by atoms with Crippen molar-refractivity contribution in [3.05, 3.63) is 65.2 Å². The Morgan fingerprint density at radius 1 is 1.14 bits per heavy atom. The van der Waals surface area contributed by atoms with Gasteiger partial charge in [-0.2, -0.15) is 0 Å². The van der Waals surface area contributed by atoms with Crippen molar-refractivity contribution in [3.8, 4) is 11.5 Å². The molecule has 2 aliphatic heterocycles. The van der Waals surface area contributed by atoms with Crippen LogP contribution in [0.3, 0.4) is 0 Å². The van der Waals surface area contributed by atoms with Crippen molar-refractivity contribution in [1.82, 2.24) is 15.0 Å². The number of halogens is 1. The van der Waals surface area contributed by atoms with Gasteiger partial charge in [-0.15, -0.1) is 5.10 Å². The molecule has 5 rings (SSSR count). The number of hydrogen-bond acceptors (Lipinski definition) is 6. The van der Waals surface area contributed by atoms with Crippen LogP contribution in [0.2, 0.25) is 0 Å². The number of nitrogens with one attached hydrogen (secondary N) is 1. The molecule has 0 radical (unpaired) electrons. The van der Waals surface area contributed by atoms with Gasteiger partial charge in [0, 0.05) is 11.8 Å². The minimum Gasteiger partial charge on any atom is -0.454 e. The average Bonchev–Trinajstić information content (AvgIpc) is 3.34. The Labute approximate surface area is 158 Å². The fourth-order valence-corrected chi connectivity index (χ4v) is 3.23. The van der Waals surface area contributed by atoms with E-state index in [2.05, 4.69) is 15.6 Å². The number of rotatable bonds is 3. The topological polar surface area (TPSA) is 87.5 Å². The predicted octanol–water partition coefficient (Wildman–Crippen LogP) is 2.67. The second kappa shape index (κ2) is 6.61. The SMILES string of the molecule is O=C(Nc1ccc2c(c1)OCO2)c1nnn2c1COC(c1ccc(F)cc1)C2. The van der Waals surface area contributed by atoms with E-state index < -0.39 is 0 Å². The number of benzene rings is 2. The lowest BCUT2D eigenvalue weighted by Gasteiger charge is -2.24. The fourth-order valence-electron chi connectivity index (χ4n) is 3.23. The summed E-state index contributed by atoms with van der Waals surface area (Å²) in [5.74, 6) is 0.528. The molecule has 2 aliphatic rings. The van der Waals surface area contributed by atoms with Gasteiger partial charge in [-0.1, -0.05) is 17.3 Å². The molecule has 0 fully saturated rings. The van der Waals surface area contributed by atoms with Gasteiger partial charge >= 0.3 is 0 Å². The van der Waals surface area contributed by atoms with Crippen LogP contribution in [0.15, 0.2) is 42.5 Å². The Bertz CT molecular complexity index is 1050. The smallest absolute Gasteiger partial charge is 0.278 e. The second-order valence-electron chi connectivity index (χ2n) is 6.44. The molecule has 142 valence electrons. The maximum Gasteiger partial charge on any atom is 0.278 e. The first-order chi connectivity index (χ1) is 13.7. The Kier molecular flexibility index (Phi) is 3.94. The third-order valence-electron chi connectivity index (χ3n) is 4.68. The molecule has 1 N–H and O–H groups in total. The monoisotopic (exact) mass is 382 g/mol. The van der Waals surface area contributed by atoms with Crippen LogP contribution in [-0.2, 0) is 17.9 Å². The fraction of sp³-hybridized carbons (Fsp3) is 0.211. The van der Waals surface area contributed by atoms with Crippen LogP contribution in [-0.4, -0.2) is 27.7 Å². The van der Waals surface area contributed by atoms with E-state index in [0.29, 0.717) is 29.4 Å². The van der Waals surface area contributed by atoms with Gasteiger partial charge < -0.3 is 19.5 Å². The van der Waals surface area contributed by atoms with E-state index >= 15 is 0 Å². The Hall–Kier alpha value is -3.46. The highest BCUT2D eigenvalue weighted by Gasteiger charge is 2.28. The van der Waals surface area contributed by atoms with Crippen molar-refractivity contribution in [2.45, 2.75) is 19.3 Å². The molecule has 0 saturated heterocycles. The Morgan fingerprint density at radius 2 is 1.96 bits per heavy atom. The first kappa shape index (κ1) is 16.7. The van der Waals surface area contributed by atoms with Crippen molar-refractivity contribution >= 4 is 11.6 Å². The van der Waals surface area contributed by atoms with Crippen molar-refractivity contribution in [2.75, 3.05) is 12.1 Å². The van der Waals surface area contributed by atoms with Gasteiger partial charge in [-0.25, -0.2) is 9.07 Å². The zero-order valence-electron chi connectivity index (χ0n) is 14.6. The first-order valence-corrected chi connectivity index (χ1v) is 8.68. The van der Waals surface area contributed by atoms with Crippen molar-refractivity contribution < 1.29 is 23.4 Å². The molecule has 3 heterocycles. The molecular formula is C19H15FN4O4. The average molecular weight is 382 g/mol. The molecule has 0 saturated carbocycles. The molecule has 1 atom stereocenters. The summed E-state index contributed by atoms with van der Waals surface area (Å²) in [6.45, 7) is 0.738. The quantitative estimate of drug-likeness (QED) is 0.749. The number of nitrogens with zero attached hydrogens (tertiary/aromatic N) is 3. The zero-order valence-corrected chi connectivity index (χ0v) is 14.6. The lowest BCUT2D eigenvalue weighted by molar-refractivity contribution is -0.00174. The van der Waals surface area contributed by atoms with Gasteiger partial charge in [0.05, 0.1) is 18.8 Å². The van der Waals surface area contributed by atoms with Crippen LogP contribution in [0.25, 0.3) is 0 Å². The number of fused-ring (bicyclic) bond motifs is 2. The lowest BCUT2D eigenvalue weighted by Crippen LogP contribution is -2.24. The van der Waals surface area contributed by atoms with E-state index in [9.17, 15) is 9.18 Å². The van der Waals surface area contributed by atoms with Gasteiger partial charge in [0.2, 0.25) is 6.79 Å². The molecule has 0 spiro atoms. The molecule has 2 aromatic carbocycles. The number of aromatic nitrogens is 3. The van der Waals surface area contributed by atoms with Crippen molar-refractivity contribution in [2.24, 2.45) is 0 Å². The van der Waals surface area contributed by atoms with E-state index in [1.54, 1.807) is 35.0 Å². The summed E-state index contributed by atoms with van der Waals surface area (Å²) in [6.07, 6.45) is -0.278. The van der Waals surface area contributed by atoms with Crippen LogP contribution in [0.4, 0.5) is 10.1 Å². The minimum absolute atomic E-state index is 0.164. The van der Waals surface area contributed by atoms with Gasteiger partial charge in [0.15, 0.2) is 17.2 Å². The Balaban J connectivity index is 1.33. The number of anilines is 1. The maximum absolute atomic E-state index is 13.1. The maximum atomic E-state index is 13.1. The molecule has 1 amide bonds. The Morgan fingerprint density at radius 3 is 2.82 bits per heavy atom. The summed E-state index contributed by atoms with van der Waals surface area (Å²) in [5.41, 5.74) is 2.21. The lowest BCUT2D eigenvalue weighted by atomic mass is 10.1. The molecule has 3 aromatic rings. The summed E-state index contributed by atoms with van der Waals surface area (Å²) in [6, 6.07) is 11.3. The number of amides is 1. The van der Waals surface area contributed by atoms with E-state index in [-0.39, 0.29) is 36.9 Å². The highest BCUT2D eigenvalue weighted by Crippen LogP contribution is 2.34. The second-order valence-corrected chi connectivity index (χ2v) is 6.44. The molecular weight excluding hydrogens is 367 g/mol. The molecule has 28 heavy (non-hydrogen) atoms. The van der Waals surface area contributed by atoms with Crippen LogP contribution < -0.4 is 14.8 Å². The normalized spacial score (nSPS) is 17.2. The molecule has 1 unspecified atom stereocenters. The summed E-state index contributed by atoms with van der Waals surface area (Å²) in [5, 5.41) is 10.9. The van der Waals surface area contributed by atoms with Gasteiger partial charge in [-0.3, -0.25) is 4.79 Å². The summed E-state index contributed by atoms with van der Waals surface area (Å²) >= 11 is 0. The van der Waals surface area contributed by atoms with E-state index in [0.717, 1.165) is 5.56 Å². The summed E-state index contributed by atoms with van der Waals surface area (Å²) in [7, 11) is 0. The van der Waals surface area contributed by atoms with E-state index in [4.69, 9.17) is 14.2 Å². The first-order valence-electron chi connectivity index (χ1n) is 8.68. The molecule has 0 aliphatic carbocycles. The third kappa shape index (κ3) is 2.95. The van der Waals surface area contributed by atoms with Crippen molar-refractivity contribution in [3.63, 3.8) is 0 Å². The molecule has 0 bridgehead atoms. The van der Waals surface area contributed by atoms with Gasteiger partial charge in [-0.05, 0) is 29.8 Å². The minimum atomic E-state index is -0.385.